The van der Waals surface area contributed by atoms with Crippen molar-refractivity contribution in [1.82, 2.24) is 9.88 Å². The van der Waals surface area contributed by atoms with E-state index in [1.165, 1.54) is 77.4 Å². The molecule has 1 unspecified atom stereocenters. The molecule has 1 N–H and O–H groups in total. The van der Waals surface area contributed by atoms with Gasteiger partial charge in [-0.2, -0.15) is 0 Å². The number of hydrogen-bond donors (Lipinski definition) is 1. The Morgan fingerprint density at radius 2 is 1.18 bits per heavy atom. The lowest BCUT2D eigenvalue weighted by molar-refractivity contribution is 0.334. The third-order valence-corrected chi connectivity index (χ3v) is 12.8. The summed E-state index contributed by atoms with van der Waals surface area (Å²) >= 11 is 0. The smallest absolute Gasteiger partial charge is 0.169 e. The fourth-order valence-corrected chi connectivity index (χ4v) is 9.65. The summed E-state index contributed by atoms with van der Waals surface area (Å²) in [7, 11) is 0. The highest BCUT2D eigenvalue weighted by Gasteiger charge is 2.39. The summed E-state index contributed by atoms with van der Waals surface area (Å²) in [6, 6.07) is 57.4. The van der Waals surface area contributed by atoms with Crippen molar-refractivity contribution in [2.75, 3.05) is 0 Å². The van der Waals surface area contributed by atoms with Gasteiger partial charge in [0, 0.05) is 27.6 Å². The van der Waals surface area contributed by atoms with Crippen molar-refractivity contribution in [2.24, 2.45) is 9.98 Å². The average Bonchev–Trinajstić information content (AvgIpc) is 3.59. The second-order valence-electron chi connectivity index (χ2n) is 17.3. The molecule has 2 aliphatic rings. The highest BCUT2D eigenvalue weighted by Crippen LogP contribution is 2.50. The van der Waals surface area contributed by atoms with E-state index >= 15 is 0 Å². The number of nitrogens with zero attached hydrogens (tertiary/aromatic N) is 3. The summed E-state index contributed by atoms with van der Waals surface area (Å²) in [6.07, 6.45) is 1.93. The third kappa shape index (κ3) is 5.42. The second kappa shape index (κ2) is 12.5. The van der Waals surface area contributed by atoms with E-state index < -0.39 is 6.17 Å². The lowest BCUT2D eigenvalue weighted by Crippen LogP contribution is -2.36. The lowest BCUT2D eigenvalue weighted by atomic mass is 9.62. The molecular weight excluding hydrogens is 693 g/mol. The van der Waals surface area contributed by atoms with Crippen LogP contribution in [0.1, 0.15) is 74.5 Å². The standard InChI is InChI=1S/C53H44N4/c1-52(2)28-29-53(3,4)47-45(52)27-26-43-42-16-10-11-17-46(42)57(48(43)47)40-25-24-33-18-22-37(30-39(33)31-40)50-54-49(36-13-6-5-7-14-36)55-51(56-50)38-23-21-35-20-19-34-12-8-9-15-41(34)44(35)32-38/h5-27,30-32,50H,28-29H2,1-4H3,(H,54,55,56). The van der Waals surface area contributed by atoms with Gasteiger partial charge in [-0.3, -0.25) is 0 Å². The zero-order valence-corrected chi connectivity index (χ0v) is 32.8. The van der Waals surface area contributed by atoms with Gasteiger partial charge in [-0.1, -0.05) is 155 Å². The predicted molar refractivity (Wildman–Crippen MR) is 240 cm³/mol. The molecule has 0 spiro atoms. The van der Waals surface area contributed by atoms with Crippen molar-refractivity contribution in [3.63, 3.8) is 0 Å². The molecule has 11 rings (SSSR count). The monoisotopic (exact) mass is 736 g/mol. The van der Waals surface area contributed by atoms with Crippen LogP contribution in [0, 0.1) is 0 Å². The Balaban J connectivity index is 1.08. The van der Waals surface area contributed by atoms with E-state index in [1.807, 2.05) is 6.07 Å². The summed E-state index contributed by atoms with van der Waals surface area (Å²) in [5, 5.41) is 13.5. The molecule has 57 heavy (non-hydrogen) atoms. The van der Waals surface area contributed by atoms with E-state index in [2.05, 4.69) is 189 Å². The minimum absolute atomic E-state index is 0.0534. The maximum atomic E-state index is 5.34. The van der Waals surface area contributed by atoms with Crippen LogP contribution in [0.15, 0.2) is 168 Å². The van der Waals surface area contributed by atoms with Gasteiger partial charge in [0.15, 0.2) is 6.17 Å². The van der Waals surface area contributed by atoms with Crippen molar-refractivity contribution in [3.8, 4) is 5.69 Å². The van der Waals surface area contributed by atoms with E-state index in [0.717, 1.165) is 34.8 Å². The molecule has 0 amide bonds. The molecule has 9 aromatic rings. The van der Waals surface area contributed by atoms with Gasteiger partial charge in [0.25, 0.3) is 0 Å². The van der Waals surface area contributed by atoms with E-state index in [4.69, 9.17) is 9.98 Å². The molecule has 0 saturated heterocycles. The molecule has 1 aliphatic carbocycles. The van der Waals surface area contributed by atoms with Gasteiger partial charge in [-0.15, -0.1) is 0 Å². The largest absolute Gasteiger partial charge is 0.324 e. The van der Waals surface area contributed by atoms with Crippen LogP contribution in [0.4, 0.5) is 0 Å². The summed E-state index contributed by atoms with van der Waals surface area (Å²) in [5.74, 6) is 1.64. The maximum absolute atomic E-state index is 5.34. The molecule has 2 heterocycles. The first-order chi connectivity index (χ1) is 27.7. The van der Waals surface area contributed by atoms with Crippen LogP contribution in [0.3, 0.4) is 0 Å². The number of aliphatic imine (C=N–C) groups is 2. The second-order valence-corrected chi connectivity index (χ2v) is 17.3. The Morgan fingerprint density at radius 1 is 0.509 bits per heavy atom. The van der Waals surface area contributed by atoms with Crippen LogP contribution in [-0.2, 0) is 10.8 Å². The number of amidine groups is 2. The van der Waals surface area contributed by atoms with E-state index in [0.29, 0.717) is 0 Å². The Labute approximate surface area is 333 Å². The Bertz CT molecular complexity index is 3160. The topological polar surface area (TPSA) is 41.7 Å². The van der Waals surface area contributed by atoms with Crippen LogP contribution in [0.5, 0.6) is 0 Å². The number of fused-ring (bicyclic) bond motifs is 9. The highest BCUT2D eigenvalue weighted by molar-refractivity contribution is 6.18. The van der Waals surface area contributed by atoms with Gasteiger partial charge in [-0.05, 0) is 103 Å². The molecule has 0 radical (unpaired) electrons. The van der Waals surface area contributed by atoms with Gasteiger partial charge >= 0.3 is 0 Å². The molecule has 4 heteroatoms. The van der Waals surface area contributed by atoms with Crippen LogP contribution in [-0.4, -0.2) is 16.2 Å². The number of benzene rings is 8. The van der Waals surface area contributed by atoms with E-state index in [9.17, 15) is 0 Å². The fraction of sp³-hybridized carbons (Fsp3) is 0.170. The SMILES string of the molecule is CC1(C)CCC(C)(C)c2c1ccc1c3ccccc3n(-c3ccc4ccc(C5N=C(c6ccccc6)NC(c6ccc7ccc8ccccc8c7c6)=N5)cc4c3)c21. The first-order valence-corrected chi connectivity index (χ1v) is 20.2. The highest BCUT2D eigenvalue weighted by atomic mass is 15.2. The number of para-hydroxylation sites is 1. The van der Waals surface area contributed by atoms with Crippen molar-refractivity contribution in [1.29, 1.82) is 0 Å². The molecule has 4 nitrogen and oxygen atoms in total. The number of nitrogens with one attached hydrogen (secondary N) is 1. The molecule has 1 aliphatic heterocycles. The summed E-state index contributed by atoms with van der Waals surface area (Å²) in [6.45, 7) is 9.71. The van der Waals surface area contributed by atoms with Crippen molar-refractivity contribution < 1.29 is 0 Å². The first kappa shape index (κ1) is 33.8. The lowest BCUT2D eigenvalue weighted by Gasteiger charge is -2.42. The molecule has 1 atom stereocenters. The quantitative estimate of drug-likeness (QED) is 0.180. The third-order valence-electron chi connectivity index (χ3n) is 12.8. The van der Waals surface area contributed by atoms with E-state index in [1.54, 1.807) is 0 Å². The number of rotatable bonds is 4. The molecule has 8 aromatic carbocycles. The first-order valence-electron chi connectivity index (χ1n) is 20.2. The van der Waals surface area contributed by atoms with Crippen molar-refractivity contribution >= 4 is 65.8 Å². The molecule has 0 saturated carbocycles. The van der Waals surface area contributed by atoms with Crippen LogP contribution in [0.25, 0.3) is 59.8 Å². The molecule has 1 aromatic heterocycles. The predicted octanol–water partition coefficient (Wildman–Crippen LogP) is 13.1. The minimum Gasteiger partial charge on any atom is -0.324 e. The summed E-state index contributed by atoms with van der Waals surface area (Å²) in [4.78, 5) is 10.6. The Morgan fingerprint density at radius 3 is 2.02 bits per heavy atom. The Hall–Kier alpha value is -6.52. The molecule has 0 bridgehead atoms. The van der Waals surface area contributed by atoms with Crippen molar-refractivity contribution in [3.05, 3.63) is 186 Å². The summed E-state index contributed by atoms with van der Waals surface area (Å²) in [5.41, 5.74) is 10.0. The fourth-order valence-electron chi connectivity index (χ4n) is 9.65. The number of hydrogen-bond acceptors (Lipinski definition) is 3. The normalized spacial score (nSPS) is 17.4. The zero-order chi connectivity index (χ0) is 38.5. The van der Waals surface area contributed by atoms with Gasteiger partial charge in [-0.25, -0.2) is 9.98 Å². The molecule has 276 valence electrons. The minimum atomic E-state index is -0.420. The maximum Gasteiger partial charge on any atom is 0.169 e. The summed E-state index contributed by atoms with van der Waals surface area (Å²) < 4.78 is 2.54. The zero-order valence-electron chi connectivity index (χ0n) is 32.8. The van der Waals surface area contributed by atoms with Crippen LogP contribution < -0.4 is 5.32 Å². The van der Waals surface area contributed by atoms with Gasteiger partial charge in [0.2, 0.25) is 0 Å². The van der Waals surface area contributed by atoms with Crippen LogP contribution in [0.2, 0.25) is 0 Å². The van der Waals surface area contributed by atoms with Gasteiger partial charge in [0.1, 0.15) is 11.7 Å². The van der Waals surface area contributed by atoms with Crippen molar-refractivity contribution in [2.45, 2.75) is 57.5 Å². The number of aromatic nitrogens is 1. The average molecular weight is 737 g/mol. The Kier molecular flexibility index (Phi) is 7.41. The molecule has 0 fully saturated rings. The van der Waals surface area contributed by atoms with E-state index in [-0.39, 0.29) is 10.8 Å². The van der Waals surface area contributed by atoms with Gasteiger partial charge < -0.3 is 9.88 Å². The molecular formula is C53H44N4. The van der Waals surface area contributed by atoms with Crippen LogP contribution >= 0.6 is 0 Å². The van der Waals surface area contributed by atoms with Gasteiger partial charge in [0.05, 0.1) is 11.0 Å².